The molecule has 0 heterocycles. The quantitative estimate of drug-likeness (QED) is 0.767. The Hall–Kier alpha value is -1.71. The van der Waals surface area contributed by atoms with Gasteiger partial charge in [0.25, 0.3) is 0 Å². The average Bonchev–Trinajstić information content (AvgIpc) is 2.54. The van der Waals surface area contributed by atoms with Crippen LogP contribution in [0.15, 0.2) is 24.3 Å². The van der Waals surface area contributed by atoms with E-state index in [9.17, 15) is 4.79 Å². The fourth-order valence-corrected chi connectivity index (χ4v) is 5.65. The van der Waals surface area contributed by atoms with Crippen LogP contribution in [0.1, 0.15) is 50.5 Å². The van der Waals surface area contributed by atoms with Crippen molar-refractivity contribution in [1.29, 1.82) is 0 Å². The van der Waals surface area contributed by atoms with Crippen LogP contribution in [-0.2, 0) is 0 Å². The number of amides is 2. The normalized spacial score (nSPS) is 32.4. The molecule has 5 rings (SSSR count). The number of aryl methyl sites for hydroxylation is 1. The Morgan fingerprint density at radius 3 is 2.28 bits per heavy atom. The van der Waals surface area contributed by atoms with Crippen molar-refractivity contribution in [1.82, 2.24) is 10.6 Å². The van der Waals surface area contributed by atoms with Crippen LogP contribution >= 0.6 is 0 Å². The maximum Gasteiger partial charge on any atom is 0.315 e. The molecule has 4 nitrogen and oxygen atoms in total. The number of nitrogens with one attached hydrogen (secondary N) is 2. The van der Waals surface area contributed by atoms with Crippen LogP contribution in [0.25, 0.3) is 0 Å². The van der Waals surface area contributed by atoms with Crippen molar-refractivity contribution in [2.45, 2.75) is 57.4 Å². The van der Waals surface area contributed by atoms with Gasteiger partial charge in [0.05, 0.1) is 6.61 Å². The second-order valence-corrected chi connectivity index (χ2v) is 8.59. The lowest BCUT2D eigenvalue weighted by Gasteiger charge is -2.56. The molecule has 136 valence electrons. The predicted molar refractivity (Wildman–Crippen MR) is 98.7 cm³/mol. The first-order chi connectivity index (χ1) is 12.1. The molecule has 4 heteroatoms. The lowest BCUT2D eigenvalue weighted by atomic mass is 9.53. The SMILES string of the molecule is Cc1ccc(OCCCNC(=O)NC23CC4CC(CC(C4)C2)C3)cc1. The number of hydrogen-bond donors (Lipinski definition) is 2. The van der Waals surface area contributed by atoms with E-state index in [1.165, 1.54) is 44.1 Å². The van der Waals surface area contributed by atoms with Crippen LogP contribution in [0.3, 0.4) is 0 Å². The molecule has 4 bridgehead atoms. The molecule has 0 atom stereocenters. The molecule has 2 amide bonds. The van der Waals surface area contributed by atoms with Gasteiger partial charge in [0.2, 0.25) is 0 Å². The van der Waals surface area contributed by atoms with Crippen molar-refractivity contribution in [3.8, 4) is 5.75 Å². The minimum atomic E-state index is 0.0114. The Kier molecular flexibility index (Phi) is 4.61. The van der Waals surface area contributed by atoms with Gasteiger partial charge in [-0.15, -0.1) is 0 Å². The zero-order chi connectivity index (χ0) is 17.3. The number of hydrogen-bond acceptors (Lipinski definition) is 2. The largest absolute Gasteiger partial charge is 0.494 e. The molecule has 0 unspecified atom stereocenters. The number of urea groups is 1. The lowest BCUT2D eigenvalue weighted by Crippen LogP contribution is -2.61. The summed E-state index contributed by atoms with van der Waals surface area (Å²) in [6.07, 6.45) is 8.62. The first-order valence-electron chi connectivity index (χ1n) is 9.86. The first-order valence-corrected chi connectivity index (χ1v) is 9.86. The third-order valence-corrected chi connectivity index (χ3v) is 6.31. The van der Waals surface area contributed by atoms with Gasteiger partial charge in [-0.3, -0.25) is 0 Å². The van der Waals surface area contributed by atoms with Crippen molar-refractivity contribution in [2.75, 3.05) is 13.2 Å². The zero-order valence-electron chi connectivity index (χ0n) is 15.2. The van der Waals surface area contributed by atoms with Gasteiger partial charge in [0, 0.05) is 12.1 Å². The van der Waals surface area contributed by atoms with Crippen molar-refractivity contribution in [3.05, 3.63) is 29.8 Å². The van der Waals surface area contributed by atoms with Crippen LogP contribution in [0, 0.1) is 24.7 Å². The van der Waals surface area contributed by atoms with Crippen molar-refractivity contribution in [2.24, 2.45) is 17.8 Å². The Balaban J connectivity index is 1.17. The molecule has 0 aliphatic heterocycles. The second kappa shape index (κ2) is 6.89. The summed E-state index contributed by atoms with van der Waals surface area (Å²) in [5.74, 6) is 3.46. The highest BCUT2D eigenvalue weighted by molar-refractivity contribution is 5.74. The van der Waals surface area contributed by atoms with E-state index in [0.29, 0.717) is 13.2 Å². The van der Waals surface area contributed by atoms with E-state index < -0.39 is 0 Å². The van der Waals surface area contributed by atoms with Crippen LogP contribution in [0.2, 0.25) is 0 Å². The number of rotatable bonds is 6. The first kappa shape index (κ1) is 16.7. The number of ether oxygens (including phenoxy) is 1. The zero-order valence-corrected chi connectivity index (χ0v) is 15.2. The van der Waals surface area contributed by atoms with Gasteiger partial charge in [-0.25, -0.2) is 4.79 Å². The van der Waals surface area contributed by atoms with Gasteiger partial charge in [0.15, 0.2) is 0 Å². The summed E-state index contributed by atoms with van der Waals surface area (Å²) in [7, 11) is 0. The lowest BCUT2D eigenvalue weighted by molar-refractivity contribution is -0.0135. The number of benzene rings is 1. The maximum atomic E-state index is 12.3. The molecule has 2 N–H and O–H groups in total. The molecular weight excluding hydrogens is 312 g/mol. The summed E-state index contributed by atoms with van der Waals surface area (Å²) in [4.78, 5) is 12.3. The van der Waals surface area contributed by atoms with E-state index in [4.69, 9.17) is 4.74 Å². The van der Waals surface area contributed by atoms with Gasteiger partial charge in [-0.2, -0.15) is 0 Å². The van der Waals surface area contributed by atoms with Crippen LogP contribution in [0.4, 0.5) is 4.79 Å². The molecule has 25 heavy (non-hydrogen) atoms. The van der Waals surface area contributed by atoms with E-state index in [0.717, 1.165) is 29.9 Å². The van der Waals surface area contributed by atoms with E-state index >= 15 is 0 Å². The van der Waals surface area contributed by atoms with Gasteiger partial charge in [0.1, 0.15) is 5.75 Å². The van der Waals surface area contributed by atoms with Crippen molar-refractivity contribution < 1.29 is 9.53 Å². The van der Waals surface area contributed by atoms with Crippen molar-refractivity contribution in [3.63, 3.8) is 0 Å². The Labute approximate surface area is 150 Å². The number of carbonyl (C=O) groups is 1. The fourth-order valence-electron chi connectivity index (χ4n) is 5.65. The molecular formula is C21H30N2O2. The van der Waals surface area contributed by atoms with Crippen LogP contribution in [0.5, 0.6) is 5.75 Å². The van der Waals surface area contributed by atoms with E-state index in [-0.39, 0.29) is 11.6 Å². The third kappa shape index (κ3) is 3.94. The Morgan fingerprint density at radius 2 is 1.68 bits per heavy atom. The Bertz CT molecular complexity index is 576. The van der Waals surface area contributed by atoms with Gasteiger partial charge in [-0.05, 0) is 81.8 Å². The summed E-state index contributed by atoms with van der Waals surface area (Å²) in [6.45, 7) is 3.35. The molecule has 4 aliphatic rings. The van der Waals surface area contributed by atoms with Gasteiger partial charge >= 0.3 is 6.03 Å². The highest BCUT2D eigenvalue weighted by Gasteiger charge is 2.51. The summed E-state index contributed by atoms with van der Waals surface area (Å²) in [6, 6.07) is 8.08. The number of carbonyl (C=O) groups excluding carboxylic acids is 1. The molecule has 1 aromatic carbocycles. The smallest absolute Gasteiger partial charge is 0.315 e. The topological polar surface area (TPSA) is 50.4 Å². The minimum absolute atomic E-state index is 0.0114. The third-order valence-electron chi connectivity index (χ3n) is 6.31. The summed E-state index contributed by atoms with van der Waals surface area (Å²) >= 11 is 0. The second-order valence-electron chi connectivity index (χ2n) is 8.59. The average molecular weight is 342 g/mol. The van der Waals surface area contributed by atoms with E-state index in [1.807, 2.05) is 24.3 Å². The monoisotopic (exact) mass is 342 g/mol. The molecule has 4 saturated carbocycles. The van der Waals surface area contributed by atoms with Gasteiger partial charge < -0.3 is 15.4 Å². The van der Waals surface area contributed by atoms with Crippen LogP contribution in [-0.4, -0.2) is 24.7 Å². The Morgan fingerprint density at radius 1 is 1.08 bits per heavy atom. The highest BCUT2D eigenvalue weighted by Crippen LogP contribution is 2.55. The van der Waals surface area contributed by atoms with Crippen LogP contribution < -0.4 is 15.4 Å². The fraction of sp³-hybridized carbons (Fsp3) is 0.667. The van der Waals surface area contributed by atoms with Crippen molar-refractivity contribution >= 4 is 6.03 Å². The highest BCUT2D eigenvalue weighted by atomic mass is 16.5. The minimum Gasteiger partial charge on any atom is -0.494 e. The standard InChI is InChI=1S/C21H30N2O2/c1-15-3-5-19(6-4-15)25-8-2-7-22-20(24)23-21-12-16-9-17(13-21)11-18(10-16)14-21/h3-6,16-18H,2,7-14H2,1H3,(H2,22,23,24). The molecule has 0 aromatic heterocycles. The molecule has 4 aliphatic carbocycles. The summed E-state index contributed by atoms with van der Waals surface area (Å²) in [5, 5.41) is 6.37. The van der Waals surface area contributed by atoms with E-state index in [1.54, 1.807) is 0 Å². The maximum absolute atomic E-state index is 12.3. The predicted octanol–water partition coefficient (Wildman–Crippen LogP) is 4.03. The molecule has 0 spiro atoms. The summed E-state index contributed by atoms with van der Waals surface area (Å²) < 4.78 is 5.71. The van der Waals surface area contributed by atoms with E-state index in [2.05, 4.69) is 17.6 Å². The molecule has 0 radical (unpaired) electrons. The van der Waals surface area contributed by atoms with Gasteiger partial charge in [-0.1, -0.05) is 17.7 Å². The molecule has 1 aromatic rings. The molecule has 4 fully saturated rings. The summed E-state index contributed by atoms with van der Waals surface area (Å²) in [5.41, 5.74) is 1.33. The molecule has 0 saturated heterocycles.